The van der Waals surface area contributed by atoms with E-state index in [1.807, 2.05) is 6.07 Å². The van der Waals surface area contributed by atoms with E-state index in [1.165, 1.54) is 18.4 Å². The first-order valence-electron chi connectivity index (χ1n) is 4.63. The van der Waals surface area contributed by atoms with E-state index in [1.54, 1.807) is 5.31 Å². The first-order valence-corrected chi connectivity index (χ1v) is 4.18. The van der Waals surface area contributed by atoms with E-state index in [0.717, 1.165) is 12.2 Å². The lowest BCUT2D eigenvalue weighted by Crippen LogP contribution is -2.07. The molecule has 1 aromatic carbocycles. The number of anilines is 1. The summed E-state index contributed by atoms with van der Waals surface area (Å²) in [7, 11) is 0. The molecule has 0 radical (unpaired) electrons. The van der Waals surface area contributed by atoms with Crippen molar-refractivity contribution in [1.29, 1.82) is 0 Å². The van der Waals surface area contributed by atoms with Crippen LogP contribution in [0, 0.1) is 0 Å². The highest BCUT2D eigenvalue weighted by Crippen LogP contribution is 2.53. The monoisotopic (exact) mass is 146 g/mol. The molecular weight excluding hydrogens is 134 g/mol. The van der Waals surface area contributed by atoms with Gasteiger partial charge in [-0.1, -0.05) is 18.2 Å². The van der Waals surface area contributed by atoms with Gasteiger partial charge < -0.3 is 5.31 Å². The third kappa shape index (κ3) is 0.609. The zero-order valence-electron chi connectivity index (χ0n) is 7.38. The molecule has 0 atom stereocenters. The summed E-state index contributed by atoms with van der Waals surface area (Å²) in [4.78, 5) is 0. The Morgan fingerprint density at radius 1 is 1.36 bits per heavy atom. The number of hydrogen-bond donors (Lipinski definition) is 1. The van der Waals surface area contributed by atoms with Crippen molar-refractivity contribution in [2.45, 2.75) is 18.3 Å². The lowest BCUT2D eigenvalue weighted by molar-refractivity contribution is 0.778. The van der Waals surface area contributed by atoms with Gasteiger partial charge in [-0.3, -0.25) is 0 Å². The molecule has 11 heavy (non-hydrogen) atoms. The third-order valence-corrected chi connectivity index (χ3v) is 2.88. The van der Waals surface area contributed by atoms with Crippen molar-refractivity contribution >= 4 is 5.69 Å². The SMILES string of the molecule is [2H]N1CC2(CC2)c2ccccc21. The number of benzene rings is 1. The molecule has 0 aromatic heterocycles. The van der Waals surface area contributed by atoms with Crippen LogP contribution in [0.25, 0.3) is 0 Å². The predicted octanol–water partition coefficient (Wildman–Crippen LogP) is 2.14. The fourth-order valence-electron chi connectivity index (χ4n) is 1.96. The lowest BCUT2D eigenvalue weighted by atomic mass is 9.99. The van der Waals surface area contributed by atoms with Crippen LogP contribution in [0.5, 0.6) is 0 Å². The fraction of sp³-hybridized carbons (Fsp3) is 0.400. The van der Waals surface area contributed by atoms with Crippen LogP contribution >= 0.6 is 0 Å². The van der Waals surface area contributed by atoms with Gasteiger partial charge in [0.2, 0.25) is 0 Å². The van der Waals surface area contributed by atoms with Gasteiger partial charge in [-0.05, 0) is 24.5 Å². The van der Waals surface area contributed by atoms with Crippen molar-refractivity contribution in [3.63, 3.8) is 0 Å². The van der Waals surface area contributed by atoms with Crippen molar-refractivity contribution < 1.29 is 1.41 Å². The smallest absolute Gasteiger partial charge is 0.160 e. The average molecular weight is 146 g/mol. The van der Waals surface area contributed by atoms with Crippen molar-refractivity contribution in [3.05, 3.63) is 29.8 Å². The molecule has 1 aliphatic carbocycles. The molecule has 0 amide bonds. The molecule has 1 spiro atoms. The molecule has 1 heterocycles. The zero-order chi connectivity index (χ0) is 8.18. The van der Waals surface area contributed by atoms with Crippen LogP contribution in [0.4, 0.5) is 5.69 Å². The Balaban J connectivity index is 2.21. The summed E-state index contributed by atoms with van der Waals surface area (Å²) in [5.74, 6) is 0. The molecule has 1 fully saturated rings. The standard InChI is InChI=1S/C10H11N/c1-2-4-9-8(3-1)10(5-6-10)7-11-9/h1-4,11H,5-7H2/i/hD. The van der Waals surface area contributed by atoms with Gasteiger partial charge in [0.05, 0.1) is 0 Å². The van der Waals surface area contributed by atoms with E-state index in [4.69, 9.17) is 1.41 Å². The van der Waals surface area contributed by atoms with Crippen LogP contribution in [-0.4, -0.2) is 6.54 Å². The summed E-state index contributed by atoms with van der Waals surface area (Å²) in [6.07, 6.45) is 2.55. The number of hydrogen-bond acceptors (Lipinski definition) is 1. The molecule has 56 valence electrons. The summed E-state index contributed by atoms with van der Waals surface area (Å²) in [6.45, 7) is 0.909. The normalized spacial score (nSPS) is 25.1. The van der Waals surface area contributed by atoms with Crippen LogP contribution in [0.15, 0.2) is 24.3 Å². The molecule has 1 aliphatic heterocycles. The van der Waals surface area contributed by atoms with Gasteiger partial charge in [-0.2, -0.15) is 0 Å². The molecule has 2 aliphatic rings. The van der Waals surface area contributed by atoms with Crippen molar-refractivity contribution in [2.24, 2.45) is 0 Å². The Hall–Kier alpha value is -0.980. The number of rotatable bonds is 0. The molecule has 1 saturated carbocycles. The second-order valence-corrected chi connectivity index (χ2v) is 3.61. The van der Waals surface area contributed by atoms with Gasteiger partial charge in [0.1, 0.15) is 0 Å². The summed E-state index contributed by atoms with van der Waals surface area (Å²) >= 11 is 0. The number of nitrogens with one attached hydrogen (secondary N) is 1. The largest absolute Gasteiger partial charge is 0.384 e. The molecule has 0 saturated heterocycles. The second kappa shape index (κ2) is 1.60. The van der Waals surface area contributed by atoms with Crippen molar-refractivity contribution in [3.8, 4) is 0 Å². The molecule has 1 aromatic rings. The van der Waals surface area contributed by atoms with E-state index in [9.17, 15) is 0 Å². The Labute approximate surface area is 67.9 Å². The van der Waals surface area contributed by atoms with Gasteiger partial charge in [-0.25, -0.2) is 0 Å². The van der Waals surface area contributed by atoms with Crippen LogP contribution in [0.1, 0.15) is 18.4 Å². The first kappa shape index (κ1) is 4.81. The summed E-state index contributed by atoms with van der Waals surface area (Å²) in [5, 5.41) is 1.64. The maximum absolute atomic E-state index is 7.74. The van der Waals surface area contributed by atoms with Gasteiger partial charge >= 0.3 is 0 Å². The Kier molecular flexibility index (Phi) is 0.701. The van der Waals surface area contributed by atoms with Crippen LogP contribution in [0.3, 0.4) is 0 Å². The molecule has 1 N–H and O–H groups in total. The minimum absolute atomic E-state index is 0.387. The summed E-state index contributed by atoms with van der Waals surface area (Å²) in [6, 6.07) is 8.33. The number of para-hydroxylation sites is 1. The third-order valence-electron chi connectivity index (χ3n) is 2.88. The second-order valence-electron chi connectivity index (χ2n) is 3.61. The minimum atomic E-state index is 0.387. The minimum Gasteiger partial charge on any atom is -0.384 e. The molecule has 0 unspecified atom stereocenters. The first-order chi connectivity index (χ1) is 5.82. The molecule has 1 nitrogen and oxygen atoms in total. The fourth-order valence-corrected chi connectivity index (χ4v) is 1.96. The number of fused-ring (bicyclic) bond motifs is 2. The van der Waals surface area contributed by atoms with Crippen LogP contribution in [0.2, 0.25) is 1.41 Å². The molecule has 3 rings (SSSR count). The highest BCUT2D eigenvalue weighted by Gasteiger charge is 2.48. The summed E-state index contributed by atoms with van der Waals surface area (Å²) in [5.41, 5.74) is 2.91. The topological polar surface area (TPSA) is 12.0 Å². The van der Waals surface area contributed by atoms with Crippen molar-refractivity contribution in [1.82, 2.24) is 0 Å². The van der Waals surface area contributed by atoms with Crippen LogP contribution in [-0.2, 0) is 5.41 Å². The van der Waals surface area contributed by atoms with E-state index in [2.05, 4.69) is 18.2 Å². The van der Waals surface area contributed by atoms with E-state index < -0.39 is 0 Å². The summed E-state index contributed by atoms with van der Waals surface area (Å²) < 4.78 is 7.74. The molecular formula is C10H11N. The van der Waals surface area contributed by atoms with Crippen LogP contribution < -0.4 is 5.31 Å². The van der Waals surface area contributed by atoms with E-state index >= 15 is 0 Å². The lowest BCUT2D eigenvalue weighted by Gasteiger charge is -2.03. The Morgan fingerprint density at radius 2 is 2.18 bits per heavy atom. The highest BCUT2D eigenvalue weighted by atomic mass is 15.0. The Bertz CT molecular complexity index is 330. The van der Waals surface area contributed by atoms with E-state index in [0.29, 0.717) is 5.41 Å². The highest BCUT2D eigenvalue weighted by molar-refractivity contribution is 5.62. The maximum atomic E-state index is 7.74. The van der Waals surface area contributed by atoms with E-state index in [-0.39, 0.29) is 0 Å². The van der Waals surface area contributed by atoms with Gasteiger partial charge in [-0.15, -0.1) is 0 Å². The van der Waals surface area contributed by atoms with Gasteiger partial charge in [0.25, 0.3) is 0 Å². The predicted molar refractivity (Wildman–Crippen MR) is 45.8 cm³/mol. The maximum Gasteiger partial charge on any atom is 0.160 e. The van der Waals surface area contributed by atoms with Crippen molar-refractivity contribution in [2.75, 3.05) is 11.9 Å². The quantitative estimate of drug-likeness (QED) is 0.591. The molecule has 0 bridgehead atoms. The van der Waals surface area contributed by atoms with Gasteiger partial charge in [0, 0.05) is 17.6 Å². The van der Waals surface area contributed by atoms with Gasteiger partial charge in [0.15, 0.2) is 1.41 Å². The molecule has 1 heteroatoms. The average Bonchev–Trinajstić information content (AvgIpc) is 2.79. The Morgan fingerprint density at radius 3 is 3.00 bits per heavy atom. The zero-order valence-corrected chi connectivity index (χ0v) is 6.38.